The molecule has 0 unspecified atom stereocenters. The van der Waals surface area contributed by atoms with Crippen LogP contribution in [0.3, 0.4) is 0 Å². The highest BCUT2D eigenvalue weighted by atomic mass is 16.5. The van der Waals surface area contributed by atoms with Gasteiger partial charge >= 0.3 is 0 Å². The van der Waals surface area contributed by atoms with E-state index in [0.29, 0.717) is 53.6 Å². The highest BCUT2D eigenvalue weighted by Gasteiger charge is 2.26. The predicted octanol–water partition coefficient (Wildman–Crippen LogP) is 3.31. The first-order valence-electron chi connectivity index (χ1n) is 12.3. The van der Waals surface area contributed by atoms with Gasteiger partial charge in [-0.1, -0.05) is 5.16 Å². The molecular weight excluding hydrogens is 492 g/mol. The van der Waals surface area contributed by atoms with E-state index in [4.69, 9.17) is 28.2 Å². The fourth-order valence-corrected chi connectivity index (χ4v) is 4.59. The molecule has 11 heteroatoms. The molecule has 3 aromatic rings. The van der Waals surface area contributed by atoms with Crippen molar-refractivity contribution in [2.45, 2.75) is 25.9 Å². The number of amides is 1. The van der Waals surface area contributed by atoms with Crippen molar-refractivity contribution < 1.29 is 33.0 Å². The van der Waals surface area contributed by atoms with Crippen molar-refractivity contribution in [3.8, 4) is 40.1 Å². The third-order valence-electron chi connectivity index (χ3n) is 6.67. The quantitative estimate of drug-likeness (QED) is 0.399. The molecule has 0 saturated carbocycles. The van der Waals surface area contributed by atoms with Crippen LogP contribution in [0, 0.1) is 5.92 Å². The zero-order valence-electron chi connectivity index (χ0n) is 22.4. The SMILES string of the molecule is COc1ccc(-c2noc(CN3CCC(C(=O)NCc4ccc(OC)c(OC)c4OC)CC3)n2)cc1OC. The van der Waals surface area contributed by atoms with Gasteiger partial charge in [0.2, 0.25) is 23.4 Å². The molecule has 1 saturated heterocycles. The van der Waals surface area contributed by atoms with Crippen LogP contribution in [0.15, 0.2) is 34.9 Å². The normalized spacial score (nSPS) is 14.1. The number of aromatic nitrogens is 2. The third-order valence-corrected chi connectivity index (χ3v) is 6.67. The largest absolute Gasteiger partial charge is 0.493 e. The first-order chi connectivity index (χ1) is 18.5. The molecule has 11 nitrogen and oxygen atoms in total. The zero-order chi connectivity index (χ0) is 27.1. The molecular formula is C27H34N4O7. The van der Waals surface area contributed by atoms with E-state index in [0.717, 1.165) is 37.1 Å². The molecule has 1 fully saturated rings. The maximum Gasteiger partial charge on any atom is 0.241 e. The Morgan fingerprint density at radius 1 is 0.921 bits per heavy atom. The van der Waals surface area contributed by atoms with E-state index in [1.165, 1.54) is 0 Å². The van der Waals surface area contributed by atoms with E-state index in [2.05, 4.69) is 20.4 Å². The van der Waals surface area contributed by atoms with Gasteiger partial charge < -0.3 is 33.5 Å². The molecule has 0 radical (unpaired) electrons. The topological polar surface area (TPSA) is 117 Å². The first-order valence-corrected chi connectivity index (χ1v) is 12.3. The summed E-state index contributed by atoms with van der Waals surface area (Å²) in [6.07, 6.45) is 1.48. The van der Waals surface area contributed by atoms with Gasteiger partial charge in [-0.05, 0) is 56.3 Å². The molecule has 1 aliphatic heterocycles. The van der Waals surface area contributed by atoms with E-state index < -0.39 is 0 Å². The second-order valence-electron chi connectivity index (χ2n) is 8.84. The van der Waals surface area contributed by atoms with Crippen LogP contribution < -0.4 is 29.0 Å². The van der Waals surface area contributed by atoms with Crippen molar-refractivity contribution in [1.82, 2.24) is 20.4 Å². The summed E-state index contributed by atoms with van der Waals surface area (Å²) < 4.78 is 32.4. The Labute approximate surface area is 222 Å². The number of carbonyl (C=O) groups is 1. The molecule has 2 aromatic carbocycles. The van der Waals surface area contributed by atoms with E-state index in [1.807, 2.05) is 18.2 Å². The van der Waals surface area contributed by atoms with Gasteiger partial charge in [-0.15, -0.1) is 0 Å². The number of rotatable bonds is 11. The molecule has 0 aliphatic carbocycles. The maximum atomic E-state index is 12.9. The number of carbonyl (C=O) groups excluding carboxylic acids is 1. The van der Waals surface area contributed by atoms with Crippen LogP contribution in [0.4, 0.5) is 0 Å². The average Bonchev–Trinajstić information content (AvgIpc) is 3.43. The van der Waals surface area contributed by atoms with E-state index >= 15 is 0 Å². The highest BCUT2D eigenvalue weighted by Crippen LogP contribution is 2.39. The number of hydrogen-bond acceptors (Lipinski definition) is 10. The lowest BCUT2D eigenvalue weighted by Crippen LogP contribution is -2.40. The number of nitrogens with one attached hydrogen (secondary N) is 1. The van der Waals surface area contributed by atoms with Gasteiger partial charge in [0.25, 0.3) is 0 Å². The summed E-state index contributed by atoms with van der Waals surface area (Å²) in [6, 6.07) is 9.15. The standard InChI is InChI=1S/C27H34N4O7/c1-33-20-8-6-18(14-22(20)35-3)26-29-23(38-30-26)16-31-12-10-17(11-13-31)27(32)28-15-19-7-9-21(34-2)25(37-5)24(19)36-4/h6-9,14,17H,10-13,15-16H2,1-5H3,(H,28,32). The van der Waals surface area contributed by atoms with Gasteiger partial charge in [-0.2, -0.15) is 4.98 Å². The Bertz CT molecular complexity index is 1240. The highest BCUT2D eigenvalue weighted by molar-refractivity contribution is 5.79. The molecule has 4 rings (SSSR count). The van der Waals surface area contributed by atoms with E-state index in [9.17, 15) is 4.79 Å². The van der Waals surface area contributed by atoms with Crippen LogP contribution in [0.1, 0.15) is 24.3 Å². The number of methoxy groups -OCH3 is 5. The monoisotopic (exact) mass is 526 g/mol. The summed E-state index contributed by atoms with van der Waals surface area (Å²) in [5.41, 5.74) is 1.59. The number of nitrogens with zero attached hydrogens (tertiary/aromatic N) is 3. The van der Waals surface area contributed by atoms with E-state index in [-0.39, 0.29) is 11.8 Å². The summed E-state index contributed by atoms with van der Waals surface area (Å²) in [6.45, 7) is 2.37. The van der Waals surface area contributed by atoms with Crippen LogP contribution >= 0.6 is 0 Å². The van der Waals surface area contributed by atoms with Crippen LogP contribution in [0.2, 0.25) is 0 Å². The van der Waals surface area contributed by atoms with Crippen molar-refractivity contribution >= 4 is 5.91 Å². The number of hydrogen-bond donors (Lipinski definition) is 1. The Morgan fingerprint density at radius 2 is 1.61 bits per heavy atom. The Hall–Kier alpha value is -3.99. The molecule has 1 amide bonds. The van der Waals surface area contributed by atoms with Gasteiger partial charge in [0.1, 0.15) is 0 Å². The van der Waals surface area contributed by atoms with Gasteiger partial charge in [0, 0.05) is 23.6 Å². The van der Waals surface area contributed by atoms with Crippen molar-refractivity contribution in [3.05, 3.63) is 41.8 Å². The number of benzene rings is 2. The minimum Gasteiger partial charge on any atom is -0.493 e. The second-order valence-corrected chi connectivity index (χ2v) is 8.84. The van der Waals surface area contributed by atoms with Gasteiger partial charge in [-0.25, -0.2) is 0 Å². The minimum absolute atomic E-state index is 0.0232. The van der Waals surface area contributed by atoms with Crippen LogP contribution in [-0.4, -0.2) is 69.6 Å². The molecule has 204 valence electrons. The summed E-state index contributed by atoms with van der Waals surface area (Å²) in [5, 5.41) is 7.16. The summed E-state index contributed by atoms with van der Waals surface area (Å²) in [4.78, 5) is 19.6. The van der Waals surface area contributed by atoms with Gasteiger partial charge in [0.15, 0.2) is 23.0 Å². The van der Waals surface area contributed by atoms with Crippen molar-refractivity contribution in [2.75, 3.05) is 48.6 Å². The smallest absolute Gasteiger partial charge is 0.241 e. The average molecular weight is 527 g/mol. The minimum atomic E-state index is -0.0672. The number of piperidine rings is 1. The fraction of sp³-hybridized carbons (Fsp3) is 0.444. The Kier molecular flexibility index (Phi) is 8.90. The summed E-state index contributed by atoms with van der Waals surface area (Å²) in [5.74, 6) is 3.83. The Balaban J connectivity index is 1.29. The fourth-order valence-electron chi connectivity index (χ4n) is 4.59. The maximum absolute atomic E-state index is 12.9. The van der Waals surface area contributed by atoms with Crippen LogP contribution in [0.25, 0.3) is 11.4 Å². The molecule has 0 atom stereocenters. The molecule has 1 aliphatic rings. The predicted molar refractivity (Wildman–Crippen MR) is 139 cm³/mol. The van der Waals surface area contributed by atoms with Crippen LogP contribution in [-0.2, 0) is 17.9 Å². The Morgan fingerprint density at radius 3 is 2.26 bits per heavy atom. The zero-order valence-corrected chi connectivity index (χ0v) is 22.4. The van der Waals surface area contributed by atoms with Crippen LogP contribution in [0.5, 0.6) is 28.7 Å². The molecule has 2 heterocycles. The van der Waals surface area contributed by atoms with Gasteiger partial charge in [-0.3, -0.25) is 9.69 Å². The summed E-state index contributed by atoms with van der Waals surface area (Å²) in [7, 11) is 7.87. The number of likely N-dealkylation sites (tertiary alicyclic amines) is 1. The lowest BCUT2D eigenvalue weighted by Gasteiger charge is -2.30. The lowest BCUT2D eigenvalue weighted by molar-refractivity contribution is -0.126. The molecule has 38 heavy (non-hydrogen) atoms. The van der Waals surface area contributed by atoms with Crippen molar-refractivity contribution in [2.24, 2.45) is 5.92 Å². The molecule has 0 spiro atoms. The molecule has 1 aromatic heterocycles. The second kappa shape index (κ2) is 12.5. The first kappa shape index (κ1) is 27.1. The third kappa shape index (κ3) is 5.94. The van der Waals surface area contributed by atoms with Crippen molar-refractivity contribution in [3.63, 3.8) is 0 Å². The van der Waals surface area contributed by atoms with Crippen molar-refractivity contribution in [1.29, 1.82) is 0 Å². The molecule has 1 N–H and O–H groups in total. The van der Waals surface area contributed by atoms with Gasteiger partial charge in [0.05, 0.1) is 42.1 Å². The summed E-state index contributed by atoms with van der Waals surface area (Å²) >= 11 is 0. The van der Waals surface area contributed by atoms with E-state index in [1.54, 1.807) is 47.7 Å². The lowest BCUT2D eigenvalue weighted by atomic mass is 9.96. The number of ether oxygens (including phenoxy) is 5. The molecule has 0 bridgehead atoms.